The lowest BCUT2D eigenvalue weighted by atomic mass is 10.1. The van der Waals surface area contributed by atoms with Gasteiger partial charge in [-0.1, -0.05) is 24.9 Å². The predicted molar refractivity (Wildman–Crippen MR) is 65.4 cm³/mol. The summed E-state index contributed by atoms with van der Waals surface area (Å²) in [5.41, 5.74) is 0. The van der Waals surface area contributed by atoms with Crippen LogP contribution in [0.1, 0.15) is 31.1 Å². The van der Waals surface area contributed by atoms with Gasteiger partial charge < -0.3 is 5.32 Å². The van der Waals surface area contributed by atoms with Crippen molar-refractivity contribution in [2.24, 2.45) is 0 Å². The maximum atomic E-state index is 5.87. The van der Waals surface area contributed by atoms with Gasteiger partial charge in [0.1, 0.15) is 0 Å². The van der Waals surface area contributed by atoms with Gasteiger partial charge in [-0.3, -0.25) is 0 Å². The Hall–Kier alpha value is -0.0500. The molecule has 0 spiro atoms. The van der Waals surface area contributed by atoms with Crippen LogP contribution in [0.25, 0.3) is 0 Å². The van der Waals surface area contributed by atoms with E-state index in [0.717, 1.165) is 10.8 Å². The van der Waals surface area contributed by atoms with E-state index in [4.69, 9.17) is 11.6 Å². The number of aryl methyl sites for hydroxylation is 1. The molecule has 0 aliphatic heterocycles. The van der Waals surface area contributed by atoms with Gasteiger partial charge in [0.2, 0.25) is 0 Å². The summed E-state index contributed by atoms with van der Waals surface area (Å²) in [6.45, 7) is 2.23. The van der Waals surface area contributed by atoms with E-state index in [1.54, 1.807) is 11.3 Å². The minimum Gasteiger partial charge on any atom is -0.317 e. The van der Waals surface area contributed by atoms with Crippen molar-refractivity contribution >= 4 is 22.9 Å². The highest BCUT2D eigenvalue weighted by Gasteiger charge is 2.05. The largest absolute Gasteiger partial charge is 0.317 e. The molecule has 0 aliphatic rings. The fourth-order valence-electron chi connectivity index (χ4n) is 1.58. The SMILES string of the molecule is CCCC(CCc1ccc(Cl)s1)NC. The lowest BCUT2D eigenvalue weighted by molar-refractivity contribution is 0.485. The Morgan fingerprint density at radius 2 is 2.21 bits per heavy atom. The van der Waals surface area contributed by atoms with Crippen LogP contribution in [-0.2, 0) is 6.42 Å². The van der Waals surface area contributed by atoms with Crippen LogP contribution < -0.4 is 5.32 Å². The molecule has 1 aromatic rings. The highest BCUT2D eigenvalue weighted by Crippen LogP contribution is 2.23. The lowest BCUT2D eigenvalue weighted by Gasteiger charge is -2.13. The van der Waals surface area contributed by atoms with Crippen molar-refractivity contribution in [3.05, 3.63) is 21.3 Å². The van der Waals surface area contributed by atoms with E-state index in [-0.39, 0.29) is 0 Å². The third-order valence-corrected chi connectivity index (χ3v) is 3.70. The van der Waals surface area contributed by atoms with Crippen molar-refractivity contribution in [1.29, 1.82) is 0 Å². The molecule has 1 aromatic heterocycles. The molecule has 80 valence electrons. The average Bonchev–Trinajstić information content (AvgIpc) is 2.59. The molecule has 1 atom stereocenters. The Labute approximate surface area is 95.5 Å². The number of nitrogens with one attached hydrogen (secondary N) is 1. The second-order valence-corrected chi connectivity index (χ2v) is 5.32. The molecule has 1 unspecified atom stereocenters. The highest BCUT2D eigenvalue weighted by molar-refractivity contribution is 7.16. The molecule has 0 radical (unpaired) electrons. The van der Waals surface area contributed by atoms with Crippen molar-refractivity contribution in [3.63, 3.8) is 0 Å². The summed E-state index contributed by atoms with van der Waals surface area (Å²) >= 11 is 7.57. The molecule has 1 N–H and O–H groups in total. The molecule has 0 aliphatic carbocycles. The summed E-state index contributed by atoms with van der Waals surface area (Å²) in [4.78, 5) is 1.39. The summed E-state index contributed by atoms with van der Waals surface area (Å²) in [5.74, 6) is 0. The zero-order valence-corrected chi connectivity index (χ0v) is 10.4. The second-order valence-electron chi connectivity index (χ2n) is 3.52. The van der Waals surface area contributed by atoms with E-state index in [1.165, 1.54) is 24.1 Å². The van der Waals surface area contributed by atoms with Crippen LogP contribution in [0.3, 0.4) is 0 Å². The Balaban J connectivity index is 2.31. The smallest absolute Gasteiger partial charge is 0.0931 e. The first-order valence-electron chi connectivity index (χ1n) is 5.17. The fraction of sp³-hybridized carbons (Fsp3) is 0.636. The molecular weight excluding hydrogens is 214 g/mol. The molecule has 0 aromatic carbocycles. The summed E-state index contributed by atoms with van der Waals surface area (Å²) in [5, 5.41) is 3.35. The van der Waals surface area contributed by atoms with Crippen molar-refractivity contribution in [3.8, 4) is 0 Å². The van der Waals surface area contributed by atoms with Gasteiger partial charge in [0.15, 0.2) is 0 Å². The van der Waals surface area contributed by atoms with Crippen LogP contribution in [0.4, 0.5) is 0 Å². The second kappa shape index (κ2) is 6.44. The first kappa shape index (κ1) is 12.0. The predicted octanol–water partition coefficient (Wildman–Crippen LogP) is 3.72. The van der Waals surface area contributed by atoms with Gasteiger partial charge in [-0.05, 0) is 38.4 Å². The van der Waals surface area contributed by atoms with Crippen molar-refractivity contribution < 1.29 is 0 Å². The summed E-state index contributed by atoms with van der Waals surface area (Å²) in [7, 11) is 2.04. The zero-order valence-electron chi connectivity index (χ0n) is 8.85. The molecule has 0 fully saturated rings. The Kier molecular flexibility index (Phi) is 5.53. The fourth-order valence-corrected chi connectivity index (χ4v) is 2.69. The van der Waals surface area contributed by atoms with Crippen molar-refractivity contribution in [1.82, 2.24) is 5.32 Å². The molecule has 0 bridgehead atoms. The van der Waals surface area contributed by atoms with Crippen molar-refractivity contribution in [2.45, 2.75) is 38.6 Å². The lowest BCUT2D eigenvalue weighted by Crippen LogP contribution is -2.25. The van der Waals surface area contributed by atoms with Gasteiger partial charge in [-0.25, -0.2) is 0 Å². The zero-order chi connectivity index (χ0) is 10.4. The number of rotatable bonds is 6. The molecule has 1 rings (SSSR count). The summed E-state index contributed by atoms with van der Waals surface area (Å²) in [6.07, 6.45) is 4.86. The topological polar surface area (TPSA) is 12.0 Å². The third kappa shape index (κ3) is 3.99. The molecule has 0 saturated carbocycles. The van der Waals surface area contributed by atoms with E-state index in [2.05, 4.69) is 18.3 Å². The molecule has 1 heterocycles. The molecule has 0 amide bonds. The number of hydrogen-bond acceptors (Lipinski definition) is 2. The maximum Gasteiger partial charge on any atom is 0.0931 e. The van der Waals surface area contributed by atoms with Gasteiger partial charge in [0.05, 0.1) is 4.34 Å². The van der Waals surface area contributed by atoms with E-state index in [9.17, 15) is 0 Å². The van der Waals surface area contributed by atoms with Crippen LogP contribution in [0, 0.1) is 0 Å². The molecule has 14 heavy (non-hydrogen) atoms. The van der Waals surface area contributed by atoms with Crippen LogP contribution in [0.5, 0.6) is 0 Å². The average molecular weight is 232 g/mol. The highest BCUT2D eigenvalue weighted by atomic mass is 35.5. The summed E-state index contributed by atoms with van der Waals surface area (Å²) in [6, 6.07) is 4.77. The summed E-state index contributed by atoms with van der Waals surface area (Å²) < 4.78 is 0.900. The van der Waals surface area contributed by atoms with Gasteiger partial charge in [0.25, 0.3) is 0 Å². The minimum atomic E-state index is 0.654. The minimum absolute atomic E-state index is 0.654. The van der Waals surface area contributed by atoms with E-state index in [0.29, 0.717) is 6.04 Å². The third-order valence-electron chi connectivity index (χ3n) is 2.41. The van der Waals surface area contributed by atoms with Crippen LogP contribution >= 0.6 is 22.9 Å². The molecule has 0 saturated heterocycles. The van der Waals surface area contributed by atoms with Gasteiger partial charge in [-0.2, -0.15) is 0 Å². The molecule has 3 heteroatoms. The Morgan fingerprint density at radius 1 is 1.43 bits per heavy atom. The molecule has 1 nitrogen and oxygen atoms in total. The first-order valence-corrected chi connectivity index (χ1v) is 6.37. The standard InChI is InChI=1S/C11H18ClNS/c1-3-4-9(13-2)5-6-10-7-8-11(12)14-10/h7-9,13H,3-6H2,1-2H3. The maximum absolute atomic E-state index is 5.87. The normalized spacial score (nSPS) is 13.1. The number of hydrogen-bond donors (Lipinski definition) is 1. The van der Waals surface area contributed by atoms with E-state index < -0.39 is 0 Å². The van der Waals surface area contributed by atoms with Crippen LogP contribution in [-0.4, -0.2) is 13.1 Å². The number of thiophene rings is 1. The molecular formula is C11H18ClNS. The van der Waals surface area contributed by atoms with Gasteiger partial charge in [-0.15, -0.1) is 11.3 Å². The Morgan fingerprint density at radius 3 is 2.71 bits per heavy atom. The van der Waals surface area contributed by atoms with Crippen LogP contribution in [0.15, 0.2) is 12.1 Å². The monoisotopic (exact) mass is 231 g/mol. The van der Waals surface area contributed by atoms with Gasteiger partial charge >= 0.3 is 0 Å². The number of halogens is 1. The van der Waals surface area contributed by atoms with Gasteiger partial charge in [0, 0.05) is 10.9 Å². The van der Waals surface area contributed by atoms with Crippen LogP contribution in [0.2, 0.25) is 4.34 Å². The van der Waals surface area contributed by atoms with Crippen molar-refractivity contribution in [2.75, 3.05) is 7.05 Å². The Bertz CT molecular complexity index is 260. The van der Waals surface area contributed by atoms with E-state index >= 15 is 0 Å². The quantitative estimate of drug-likeness (QED) is 0.787. The van der Waals surface area contributed by atoms with E-state index in [1.807, 2.05) is 13.1 Å². The first-order chi connectivity index (χ1) is 6.76.